The Morgan fingerprint density at radius 2 is 1.04 bits per heavy atom. The summed E-state index contributed by atoms with van der Waals surface area (Å²) in [5.74, 6) is -2.78. The van der Waals surface area contributed by atoms with Crippen LogP contribution in [-0.2, 0) is 19.2 Å². The summed E-state index contributed by atoms with van der Waals surface area (Å²) >= 11 is 6.17. The fourth-order valence-electron chi connectivity index (χ4n) is 4.96. The number of carbonyl (C=O) groups excluding carboxylic acids is 4. The Bertz CT molecular complexity index is 662. The summed E-state index contributed by atoms with van der Waals surface area (Å²) in [6.07, 6.45) is 4.77. The van der Waals surface area contributed by atoms with Gasteiger partial charge in [0.05, 0.1) is 11.1 Å². The minimum Gasteiger partial charge on any atom is -0.294 e. The molecule has 0 heterocycles. The second-order valence-corrected chi connectivity index (χ2v) is 7.94. The van der Waals surface area contributed by atoms with Crippen molar-refractivity contribution >= 4 is 34.7 Å². The Labute approximate surface area is 139 Å². The van der Waals surface area contributed by atoms with Crippen LogP contribution in [0.3, 0.4) is 0 Å². The van der Waals surface area contributed by atoms with Gasteiger partial charge in [0, 0.05) is 29.0 Å². The minimum absolute atomic E-state index is 0.0579. The fourth-order valence-corrected chi connectivity index (χ4v) is 5.28. The van der Waals surface area contributed by atoms with Crippen LogP contribution in [0, 0.1) is 23.7 Å². The van der Waals surface area contributed by atoms with Crippen molar-refractivity contribution < 1.29 is 19.2 Å². The maximum atomic E-state index is 12.9. The number of allylic oxidation sites excluding steroid dienone is 2. The number of rotatable bonds is 0. The van der Waals surface area contributed by atoms with Crippen LogP contribution < -0.4 is 0 Å². The third-order valence-electron chi connectivity index (χ3n) is 6.13. The first kappa shape index (κ1) is 15.3. The Morgan fingerprint density at radius 3 is 1.57 bits per heavy atom. The van der Waals surface area contributed by atoms with Crippen molar-refractivity contribution in [2.24, 2.45) is 23.7 Å². The highest BCUT2D eigenvalue weighted by Gasteiger charge is 2.55. The molecule has 0 bridgehead atoms. The van der Waals surface area contributed by atoms with Gasteiger partial charge in [0.1, 0.15) is 0 Å². The van der Waals surface area contributed by atoms with E-state index in [-0.39, 0.29) is 45.6 Å². The molecule has 4 aliphatic carbocycles. The molecule has 0 saturated heterocycles. The van der Waals surface area contributed by atoms with E-state index in [0.29, 0.717) is 32.1 Å². The zero-order chi connectivity index (χ0) is 16.3. The highest BCUT2D eigenvalue weighted by Crippen LogP contribution is 2.47. The number of ketones is 4. The molecule has 4 aliphatic rings. The van der Waals surface area contributed by atoms with Gasteiger partial charge in [-0.2, -0.15) is 0 Å². The molecule has 0 aromatic heterocycles. The molecule has 2 fully saturated rings. The van der Waals surface area contributed by atoms with E-state index in [4.69, 9.17) is 11.6 Å². The SMILES string of the molecule is O=C1C2=C(C(=O)C3CCCCC13)C(=O)C1CC(Cl)CCC1C2=O. The molecule has 5 unspecified atom stereocenters. The van der Waals surface area contributed by atoms with Crippen LogP contribution in [0.15, 0.2) is 11.1 Å². The first-order valence-corrected chi connectivity index (χ1v) is 8.99. The monoisotopic (exact) mass is 334 g/mol. The van der Waals surface area contributed by atoms with Crippen molar-refractivity contribution in [3.05, 3.63) is 11.1 Å². The second-order valence-electron chi connectivity index (χ2n) is 7.33. The first-order chi connectivity index (χ1) is 11.0. The molecule has 2 saturated carbocycles. The van der Waals surface area contributed by atoms with Gasteiger partial charge < -0.3 is 0 Å². The molecule has 0 spiro atoms. The summed E-state index contributed by atoms with van der Waals surface area (Å²) in [6.45, 7) is 0. The van der Waals surface area contributed by atoms with E-state index in [1.807, 2.05) is 0 Å². The molecule has 0 aromatic rings. The van der Waals surface area contributed by atoms with Gasteiger partial charge in [-0.25, -0.2) is 0 Å². The van der Waals surface area contributed by atoms with Gasteiger partial charge in [-0.15, -0.1) is 11.6 Å². The number of carbonyl (C=O) groups is 4. The van der Waals surface area contributed by atoms with Crippen molar-refractivity contribution in [3.63, 3.8) is 0 Å². The topological polar surface area (TPSA) is 68.3 Å². The van der Waals surface area contributed by atoms with E-state index < -0.39 is 17.8 Å². The number of fused-ring (bicyclic) bond motifs is 2. The van der Waals surface area contributed by atoms with Crippen molar-refractivity contribution in [3.8, 4) is 0 Å². The smallest absolute Gasteiger partial charge is 0.171 e. The van der Waals surface area contributed by atoms with Crippen LogP contribution in [0.2, 0.25) is 0 Å². The van der Waals surface area contributed by atoms with E-state index in [1.54, 1.807) is 0 Å². The summed E-state index contributed by atoms with van der Waals surface area (Å²) in [5, 5.41) is -0.132. The normalized spacial score (nSPS) is 40.7. The van der Waals surface area contributed by atoms with Gasteiger partial charge >= 0.3 is 0 Å². The van der Waals surface area contributed by atoms with E-state index in [0.717, 1.165) is 12.8 Å². The largest absolute Gasteiger partial charge is 0.294 e. The summed E-state index contributed by atoms with van der Waals surface area (Å²) in [7, 11) is 0. The predicted octanol–water partition coefficient (Wildman–Crippen LogP) is 2.42. The fraction of sp³-hybridized carbons (Fsp3) is 0.667. The van der Waals surface area contributed by atoms with Gasteiger partial charge in [-0.3, -0.25) is 19.2 Å². The molecule has 0 N–H and O–H groups in total. The van der Waals surface area contributed by atoms with E-state index in [9.17, 15) is 19.2 Å². The second kappa shape index (κ2) is 5.37. The lowest BCUT2D eigenvalue weighted by Crippen LogP contribution is -2.51. The van der Waals surface area contributed by atoms with E-state index in [1.165, 1.54) is 0 Å². The highest BCUT2D eigenvalue weighted by atomic mass is 35.5. The molecule has 0 aliphatic heterocycles. The van der Waals surface area contributed by atoms with Crippen molar-refractivity contribution in [2.45, 2.75) is 50.3 Å². The Balaban J connectivity index is 1.82. The van der Waals surface area contributed by atoms with Crippen molar-refractivity contribution in [2.75, 3.05) is 0 Å². The lowest BCUT2D eigenvalue weighted by molar-refractivity contribution is -0.141. The number of hydrogen-bond acceptors (Lipinski definition) is 4. The molecular formula is C18H19ClO4. The number of hydrogen-bond donors (Lipinski definition) is 0. The van der Waals surface area contributed by atoms with Gasteiger partial charge in [0.15, 0.2) is 23.1 Å². The van der Waals surface area contributed by atoms with Gasteiger partial charge in [-0.1, -0.05) is 12.8 Å². The molecule has 0 aromatic carbocycles. The van der Waals surface area contributed by atoms with Crippen LogP contribution in [0.25, 0.3) is 0 Å². The molecule has 5 atom stereocenters. The van der Waals surface area contributed by atoms with E-state index >= 15 is 0 Å². The molecule has 0 amide bonds. The molecule has 4 rings (SSSR count). The molecule has 23 heavy (non-hydrogen) atoms. The minimum atomic E-state index is -0.505. The average molecular weight is 335 g/mol. The molecule has 122 valence electrons. The lowest BCUT2D eigenvalue weighted by Gasteiger charge is -2.41. The van der Waals surface area contributed by atoms with Crippen LogP contribution in [0.5, 0.6) is 0 Å². The maximum absolute atomic E-state index is 12.9. The van der Waals surface area contributed by atoms with Gasteiger partial charge in [0.2, 0.25) is 0 Å². The van der Waals surface area contributed by atoms with Crippen molar-refractivity contribution in [1.82, 2.24) is 0 Å². The zero-order valence-corrected chi connectivity index (χ0v) is 13.6. The molecule has 0 radical (unpaired) electrons. The Hall–Kier alpha value is -1.29. The molecule has 5 heteroatoms. The highest BCUT2D eigenvalue weighted by molar-refractivity contribution is 6.39. The van der Waals surface area contributed by atoms with Crippen molar-refractivity contribution in [1.29, 1.82) is 0 Å². The standard InChI is InChI=1S/C18H19ClO4/c19-8-5-6-11-12(7-8)18(23)14-13(17(11)22)15(20)9-3-1-2-4-10(9)16(14)21/h8-12H,1-7H2. The van der Waals surface area contributed by atoms with Crippen LogP contribution in [-0.4, -0.2) is 28.5 Å². The van der Waals surface area contributed by atoms with Crippen LogP contribution >= 0.6 is 11.6 Å². The van der Waals surface area contributed by atoms with E-state index in [2.05, 4.69) is 0 Å². The van der Waals surface area contributed by atoms with Crippen LogP contribution in [0.4, 0.5) is 0 Å². The van der Waals surface area contributed by atoms with Gasteiger partial charge in [-0.05, 0) is 32.1 Å². The average Bonchev–Trinajstić information content (AvgIpc) is 2.56. The Kier molecular flexibility index (Phi) is 3.56. The third-order valence-corrected chi connectivity index (χ3v) is 6.53. The summed E-state index contributed by atoms with van der Waals surface area (Å²) in [4.78, 5) is 51.4. The maximum Gasteiger partial charge on any atom is 0.171 e. The number of halogens is 1. The third kappa shape index (κ3) is 2.10. The molecule has 4 nitrogen and oxygen atoms in total. The number of Topliss-reactive ketones (excluding diaryl/α,β-unsaturated/α-hetero) is 4. The zero-order valence-electron chi connectivity index (χ0n) is 12.8. The Morgan fingerprint density at radius 1 is 0.609 bits per heavy atom. The first-order valence-electron chi connectivity index (χ1n) is 8.56. The summed E-state index contributed by atoms with van der Waals surface area (Å²) in [5.41, 5.74) is -0.132. The number of alkyl halides is 1. The molecular weight excluding hydrogens is 316 g/mol. The lowest BCUT2D eigenvalue weighted by atomic mass is 9.59. The summed E-state index contributed by atoms with van der Waals surface area (Å²) in [6, 6.07) is 0. The quantitative estimate of drug-likeness (QED) is 0.504. The van der Waals surface area contributed by atoms with Crippen LogP contribution in [0.1, 0.15) is 44.9 Å². The predicted molar refractivity (Wildman–Crippen MR) is 83.0 cm³/mol. The summed E-state index contributed by atoms with van der Waals surface area (Å²) < 4.78 is 0. The van der Waals surface area contributed by atoms with Gasteiger partial charge in [0.25, 0.3) is 0 Å².